The van der Waals surface area contributed by atoms with Gasteiger partial charge < -0.3 is 28.3 Å². The van der Waals surface area contributed by atoms with E-state index in [-0.39, 0.29) is 17.8 Å². The molecule has 0 spiro atoms. The van der Waals surface area contributed by atoms with Gasteiger partial charge in [-0.25, -0.2) is 4.79 Å². The first kappa shape index (κ1) is 26.0. The Hall–Kier alpha value is -4.04. The quantitative estimate of drug-likeness (QED) is 0.179. The second-order valence-corrected chi connectivity index (χ2v) is 8.75. The van der Waals surface area contributed by atoms with Crippen LogP contribution in [0.4, 0.5) is 5.69 Å². The number of fused-ring (bicyclic) bond motifs is 2. The van der Waals surface area contributed by atoms with Crippen LogP contribution in [-0.2, 0) is 11.2 Å². The zero-order chi connectivity index (χ0) is 26.5. The van der Waals surface area contributed by atoms with Gasteiger partial charge >= 0.3 is 5.63 Å². The van der Waals surface area contributed by atoms with Gasteiger partial charge in [0.1, 0.15) is 28.4 Å². The first-order valence-corrected chi connectivity index (χ1v) is 11.9. The van der Waals surface area contributed by atoms with Crippen molar-refractivity contribution in [2.45, 2.75) is 12.8 Å². The van der Waals surface area contributed by atoms with Crippen molar-refractivity contribution in [1.29, 1.82) is 0 Å². The van der Waals surface area contributed by atoms with Gasteiger partial charge in [0.25, 0.3) is 0 Å². The third-order valence-corrected chi connectivity index (χ3v) is 6.41. The number of carbonyl (C=O) groups excluding carboxylic acids is 1. The van der Waals surface area contributed by atoms with Crippen LogP contribution in [0.3, 0.4) is 0 Å². The van der Waals surface area contributed by atoms with Gasteiger partial charge in [-0.15, -0.1) is 0 Å². The van der Waals surface area contributed by atoms with E-state index < -0.39 is 11.4 Å². The predicted molar refractivity (Wildman–Crippen MR) is 143 cm³/mol. The largest absolute Gasteiger partial charge is 0.496 e. The molecule has 8 nitrogen and oxygen atoms in total. The van der Waals surface area contributed by atoms with Crippen molar-refractivity contribution >= 4 is 28.5 Å². The summed E-state index contributed by atoms with van der Waals surface area (Å²) in [4.78, 5) is 27.9. The molecular weight excluding hydrogens is 474 g/mol. The molecule has 1 aromatic heterocycles. The number of anilines is 1. The molecule has 0 bridgehead atoms. The van der Waals surface area contributed by atoms with Gasteiger partial charge in [-0.05, 0) is 48.8 Å². The first-order chi connectivity index (χ1) is 17.9. The SMILES string of the molecule is COCC(=C\c1ccc2c(c1OC)CCCN2C)/C=C/C(=O)c1cc2c(OC)cc(OC)cc2oc1=O. The summed E-state index contributed by atoms with van der Waals surface area (Å²) in [6.07, 6.45) is 6.91. The Kier molecular flexibility index (Phi) is 7.98. The summed E-state index contributed by atoms with van der Waals surface area (Å²) in [5.74, 6) is 1.23. The van der Waals surface area contributed by atoms with Crippen LogP contribution < -0.4 is 24.7 Å². The number of ether oxygens (including phenoxy) is 4. The van der Waals surface area contributed by atoms with Gasteiger partial charge in [0.15, 0.2) is 5.78 Å². The van der Waals surface area contributed by atoms with E-state index in [1.54, 1.807) is 32.4 Å². The molecule has 0 N–H and O–H groups in total. The van der Waals surface area contributed by atoms with Crippen molar-refractivity contribution in [1.82, 2.24) is 0 Å². The summed E-state index contributed by atoms with van der Waals surface area (Å²) in [6.45, 7) is 1.27. The molecule has 37 heavy (non-hydrogen) atoms. The fraction of sp³-hybridized carbons (Fsp3) is 0.310. The van der Waals surface area contributed by atoms with Crippen molar-refractivity contribution in [2.24, 2.45) is 0 Å². The minimum absolute atomic E-state index is 0.0987. The lowest BCUT2D eigenvalue weighted by Crippen LogP contribution is -2.25. The Morgan fingerprint density at radius 2 is 1.86 bits per heavy atom. The van der Waals surface area contributed by atoms with E-state index in [1.807, 2.05) is 12.1 Å². The molecule has 0 saturated heterocycles. The highest BCUT2D eigenvalue weighted by molar-refractivity contribution is 6.06. The second-order valence-electron chi connectivity index (χ2n) is 8.75. The number of hydrogen-bond acceptors (Lipinski definition) is 8. The molecule has 3 aromatic rings. The first-order valence-electron chi connectivity index (χ1n) is 11.9. The lowest BCUT2D eigenvalue weighted by molar-refractivity contribution is 0.104. The molecule has 2 aromatic carbocycles. The molecule has 0 amide bonds. The van der Waals surface area contributed by atoms with Gasteiger partial charge in [0.05, 0.1) is 33.3 Å². The Labute approximate surface area is 215 Å². The normalized spacial score (nSPS) is 13.6. The highest BCUT2D eigenvalue weighted by Gasteiger charge is 2.20. The third kappa shape index (κ3) is 5.39. The van der Waals surface area contributed by atoms with Gasteiger partial charge in [-0.1, -0.05) is 6.08 Å². The van der Waals surface area contributed by atoms with E-state index in [0.29, 0.717) is 16.9 Å². The van der Waals surface area contributed by atoms with Gasteiger partial charge in [-0.3, -0.25) is 4.79 Å². The molecular formula is C29H31NO7. The molecule has 8 heteroatoms. The highest BCUT2D eigenvalue weighted by atomic mass is 16.5. The van der Waals surface area contributed by atoms with E-state index in [4.69, 9.17) is 23.4 Å². The zero-order valence-corrected chi connectivity index (χ0v) is 21.8. The number of rotatable bonds is 9. The summed E-state index contributed by atoms with van der Waals surface area (Å²) in [6, 6.07) is 8.81. The molecule has 4 rings (SSSR count). The molecule has 2 heterocycles. The summed E-state index contributed by atoms with van der Waals surface area (Å²) >= 11 is 0. The molecule has 194 valence electrons. The molecule has 1 aliphatic heterocycles. The summed E-state index contributed by atoms with van der Waals surface area (Å²) in [7, 11) is 8.33. The smallest absolute Gasteiger partial charge is 0.347 e. The van der Waals surface area contributed by atoms with Crippen LogP contribution in [0.5, 0.6) is 17.2 Å². The van der Waals surface area contributed by atoms with Crippen LogP contribution in [0, 0.1) is 0 Å². The van der Waals surface area contributed by atoms with Crippen LogP contribution >= 0.6 is 0 Å². The van der Waals surface area contributed by atoms with E-state index >= 15 is 0 Å². The molecule has 0 saturated carbocycles. The van der Waals surface area contributed by atoms with E-state index in [0.717, 1.165) is 42.0 Å². The zero-order valence-electron chi connectivity index (χ0n) is 21.8. The summed E-state index contributed by atoms with van der Waals surface area (Å²) < 4.78 is 27.2. The van der Waals surface area contributed by atoms with Crippen molar-refractivity contribution in [3.05, 3.63) is 75.2 Å². The number of hydrogen-bond donors (Lipinski definition) is 0. The number of methoxy groups -OCH3 is 4. The van der Waals surface area contributed by atoms with Crippen LogP contribution in [0.2, 0.25) is 0 Å². The number of carbonyl (C=O) groups is 1. The van der Waals surface area contributed by atoms with Crippen molar-refractivity contribution in [3.63, 3.8) is 0 Å². The average Bonchev–Trinajstić information content (AvgIpc) is 2.90. The minimum atomic E-state index is -0.741. The van der Waals surface area contributed by atoms with Crippen molar-refractivity contribution < 1.29 is 28.2 Å². The van der Waals surface area contributed by atoms with E-state index in [9.17, 15) is 9.59 Å². The van der Waals surface area contributed by atoms with E-state index in [2.05, 4.69) is 18.0 Å². The molecule has 0 aliphatic carbocycles. The second kappa shape index (κ2) is 11.3. The molecule has 0 atom stereocenters. The van der Waals surface area contributed by atoms with E-state index in [1.165, 1.54) is 31.9 Å². The monoisotopic (exact) mass is 505 g/mol. The average molecular weight is 506 g/mol. The van der Waals surface area contributed by atoms with Crippen LogP contribution in [0.1, 0.15) is 27.9 Å². The van der Waals surface area contributed by atoms with Crippen molar-refractivity contribution in [2.75, 3.05) is 53.5 Å². The molecule has 0 fully saturated rings. The van der Waals surface area contributed by atoms with Crippen molar-refractivity contribution in [3.8, 4) is 17.2 Å². The fourth-order valence-corrected chi connectivity index (χ4v) is 4.60. The molecule has 1 aliphatic rings. The predicted octanol–water partition coefficient (Wildman–Crippen LogP) is 4.67. The third-order valence-electron chi connectivity index (χ3n) is 6.41. The Balaban J connectivity index is 1.69. The number of benzene rings is 2. The van der Waals surface area contributed by atoms with Gasteiger partial charge in [0, 0.05) is 49.6 Å². The maximum atomic E-state index is 13.0. The van der Waals surface area contributed by atoms with Gasteiger partial charge in [-0.2, -0.15) is 0 Å². The Bertz CT molecular complexity index is 1430. The lowest BCUT2D eigenvalue weighted by atomic mass is 9.97. The number of nitrogens with zero attached hydrogens (tertiary/aromatic N) is 1. The topological polar surface area (TPSA) is 87.4 Å². The Morgan fingerprint density at radius 3 is 2.57 bits per heavy atom. The standard InChI is InChI=1S/C29H31NO7/c1-30-12-6-7-21-24(30)10-9-19(28(21)36-5)13-18(17-33-2)8-11-25(31)22-16-23-26(35-4)14-20(34-3)15-27(23)37-29(22)32/h8-11,13-16H,6-7,12,17H2,1-5H3/b11-8+,18-13-. The summed E-state index contributed by atoms with van der Waals surface area (Å²) in [5, 5.41) is 0.496. The number of ketones is 1. The van der Waals surface area contributed by atoms with Crippen LogP contribution in [0.15, 0.2) is 57.3 Å². The maximum absolute atomic E-state index is 13.0. The summed E-state index contributed by atoms with van der Waals surface area (Å²) in [5.41, 5.74) is 3.40. The Morgan fingerprint density at radius 1 is 1.05 bits per heavy atom. The highest BCUT2D eigenvalue weighted by Crippen LogP contribution is 2.37. The minimum Gasteiger partial charge on any atom is -0.496 e. The van der Waals surface area contributed by atoms with Crippen LogP contribution in [-0.4, -0.2) is 54.4 Å². The molecule has 0 unspecified atom stereocenters. The van der Waals surface area contributed by atoms with Crippen LogP contribution in [0.25, 0.3) is 17.0 Å². The fourth-order valence-electron chi connectivity index (χ4n) is 4.60. The maximum Gasteiger partial charge on any atom is 0.347 e. The molecule has 0 radical (unpaired) electrons. The van der Waals surface area contributed by atoms with Gasteiger partial charge in [0.2, 0.25) is 0 Å². The lowest BCUT2D eigenvalue weighted by Gasteiger charge is -2.29. The number of allylic oxidation sites excluding steroid dienone is 1.